The SMILES string of the molecule is COc1cccc(C=CC(=O)O)c1O. The van der Waals surface area contributed by atoms with Crippen molar-refractivity contribution in [3.8, 4) is 11.5 Å². The van der Waals surface area contributed by atoms with Crippen LogP contribution in [0.3, 0.4) is 0 Å². The minimum absolute atomic E-state index is 0.0625. The molecule has 0 aliphatic heterocycles. The summed E-state index contributed by atoms with van der Waals surface area (Å²) >= 11 is 0. The first-order valence-electron chi connectivity index (χ1n) is 3.92. The van der Waals surface area contributed by atoms with E-state index in [1.54, 1.807) is 18.2 Å². The Balaban J connectivity index is 3.03. The van der Waals surface area contributed by atoms with Gasteiger partial charge in [0.1, 0.15) is 0 Å². The third-order valence-electron chi connectivity index (χ3n) is 1.66. The summed E-state index contributed by atoms with van der Waals surface area (Å²) < 4.78 is 4.86. The minimum atomic E-state index is -1.06. The molecule has 74 valence electrons. The second-order valence-electron chi connectivity index (χ2n) is 2.57. The standard InChI is InChI=1S/C10H10O4/c1-14-8-4-2-3-7(10(8)13)5-6-9(11)12/h2-6,13H,1H3,(H,11,12). The number of phenolic OH excluding ortho intramolecular Hbond substituents is 1. The van der Waals surface area contributed by atoms with Gasteiger partial charge in [-0.15, -0.1) is 0 Å². The largest absolute Gasteiger partial charge is 0.504 e. The van der Waals surface area contributed by atoms with Crippen molar-refractivity contribution in [1.29, 1.82) is 0 Å². The van der Waals surface area contributed by atoms with Crippen molar-refractivity contribution in [2.45, 2.75) is 0 Å². The molecule has 0 spiro atoms. The molecule has 1 aromatic rings. The van der Waals surface area contributed by atoms with Gasteiger partial charge in [-0.3, -0.25) is 0 Å². The van der Waals surface area contributed by atoms with Crippen LogP contribution in [0.15, 0.2) is 24.3 Å². The fourth-order valence-electron chi connectivity index (χ4n) is 1.000. The summed E-state index contributed by atoms with van der Waals surface area (Å²) in [6.45, 7) is 0. The van der Waals surface area contributed by atoms with E-state index in [2.05, 4.69) is 0 Å². The van der Waals surface area contributed by atoms with E-state index in [1.165, 1.54) is 13.2 Å². The van der Waals surface area contributed by atoms with Gasteiger partial charge in [0, 0.05) is 11.6 Å². The molecule has 0 bridgehead atoms. The lowest BCUT2D eigenvalue weighted by molar-refractivity contribution is -0.131. The van der Waals surface area contributed by atoms with E-state index in [0.29, 0.717) is 11.3 Å². The molecule has 14 heavy (non-hydrogen) atoms. The number of hydrogen-bond acceptors (Lipinski definition) is 3. The number of para-hydroxylation sites is 1. The molecule has 0 aromatic heterocycles. The summed E-state index contributed by atoms with van der Waals surface area (Å²) in [7, 11) is 1.43. The van der Waals surface area contributed by atoms with Gasteiger partial charge in [-0.2, -0.15) is 0 Å². The summed E-state index contributed by atoms with van der Waals surface area (Å²) in [6, 6.07) is 4.85. The molecular weight excluding hydrogens is 184 g/mol. The van der Waals surface area contributed by atoms with Gasteiger partial charge in [0.2, 0.25) is 0 Å². The number of hydrogen-bond donors (Lipinski definition) is 2. The van der Waals surface area contributed by atoms with Gasteiger partial charge in [0.25, 0.3) is 0 Å². The van der Waals surface area contributed by atoms with E-state index in [-0.39, 0.29) is 5.75 Å². The van der Waals surface area contributed by atoms with Crippen LogP contribution < -0.4 is 4.74 Å². The molecule has 1 rings (SSSR count). The second kappa shape index (κ2) is 4.32. The lowest BCUT2D eigenvalue weighted by Gasteiger charge is -2.04. The molecule has 4 heteroatoms. The van der Waals surface area contributed by atoms with Gasteiger partial charge >= 0.3 is 5.97 Å². The van der Waals surface area contributed by atoms with Gasteiger partial charge in [0.15, 0.2) is 11.5 Å². The van der Waals surface area contributed by atoms with Crippen LogP contribution in [-0.2, 0) is 4.79 Å². The first-order chi connectivity index (χ1) is 6.65. The lowest BCUT2D eigenvalue weighted by atomic mass is 10.1. The maximum atomic E-state index is 10.2. The van der Waals surface area contributed by atoms with Gasteiger partial charge in [-0.25, -0.2) is 4.79 Å². The monoisotopic (exact) mass is 194 g/mol. The number of carbonyl (C=O) groups is 1. The summed E-state index contributed by atoms with van der Waals surface area (Å²) in [5.41, 5.74) is 0.409. The topological polar surface area (TPSA) is 66.8 Å². The van der Waals surface area contributed by atoms with E-state index in [4.69, 9.17) is 9.84 Å². The van der Waals surface area contributed by atoms with Crippen LogP contribution in [-0.4, -0.2) is 23.3 Å². The Morgan fingerprint density at radius 1 is 1.50 bits per heavy atom. The molecule has 0 radical (unpaired) electrons. The average Bonchev–Trinajstić information content (AvgIpc) is 2.16. The number of phenols is 1. The smallest absolute Gasteiger partial charge is 0.328 e. The van der Waals surface area contributed by atoms with Crippen LogP contribution in [0.2, 0.25) is 0 Å². The highest BCUT2D eigenvalue weighted by Gasteiger charge is 2.04. The minimum Gasteiger partial charge on any atom is -0.504 e. The van der Waals surface area contributed by atoms with Crippen molar-refractivity contribution in [1.82, 2.24) is 0 Å². The van der Waals surface area contributed by atoms with Crippen molar-refractivity contribution in [2.75, 3.05) is 7.11 Å². The Kier molecular flexibility index (Phi) is 3.12. The Morgan fingerprint density at radius 2 is 2.21 bits per heavy atom. The van der Waals surface area contributed by atoms with E-state index in [1.807, 2.05) is 0 Å². The maximum absolute atomic E-state index is 10.2. The molecule has 0 aliphatic rings. The zero-order valence-electron chi connectivity index (χ0n) is 7.60. The molecule has 0 saturated heterocycles. The van der Waals surface area contributed by atoms with E-state index < -0.39 is 5.97 Å². The maximum Gasteiger partial charge on any atom is 0.328 e. The number of benzene rings is 1. The van der Waals surface area contributed by atoms with Crippen LogP contribution in [0.1, 0.15) is 5.56 Å². The Hall–Kier alpha value is -1.97. The highest BCUT2D eigenvalue weighted by Crippen LogP contribution is 2.29. The third kappa shape index (κ3) is 2.26. The summed E-state index contributed by atoms with van der Waals surface area (Å²) in [6.07, 6.45) is 2.26. The van der Waals surface area contributed by atoms with E-state index >= 15 is 0 Å². The fraction of sp³-hybridized carbons (Fsp3) is 0.100. The highest BCUT2D eigenvalue weighted by atomic mass is 16.5. The first-order valence-corrected chi connectivity index (χ1v) is 3.92. The second-order valence-corrected chi connectivity index (χ2v) is 2.57. The van der Waals surface area contributed by atoms with E-state index in [0.717, 1.165) is 6.08 Å². The number of carboxylic acids is 1. The lowest BCUT2D eigenvalue weighted by Crippen LogP contribution is -1.87. The van der Waals surface area contributed by atoms with E-state index in [9.17, 15) is 9.90 Å². The molecule has 1 aromatic carbocycles. The molecule has 2 N–H and O–H groups in total. The van der Waals surface area contributed by atoms with Crippen LogP contribution >= 0.6 is 0 Å². The van der Waals surface area contributed by atoms with Gasteiger partial charge in [-0.05, 0) is 12.1 Å². The molecule has 0 amide bonds. The predicted octanol–water partition coefficient (Wildman–Crippen LogP) is 1.50. The number of ether oxygens (including phenoxy) is 1. The molecule has 0 saturated carbocycles. The van der Waals surface area contributed by atoms with Crippen LogP contribution in [0.4, 0.5) is 0 Å². The molecule has 0 heterocycles. The van der Waals surface area contributed by atoms with Crippen molar-refractivity contribution in [2.24, 2.45) is 0 Å². The van der Waals surface area contributed by atoms with Gasteiger partial charge < -0.3 is 14.9 Å². The number of aliphatic carboxylic acids is 1. The van der Waals surface area contributed by atoms with Crippen molar-refractivity contribution < 1.29 is 19.7 Å². The normalized spacial score (nSPS) is 10.4. The molecule has 0 atom stereocenters. The van der Waals surface area contributed by atoms with Crippen LogP contribution in [0.5, 0.6) is 11.5 Å². The Morgan fingerprint density at radius 3 is 2.79 bits per heavy atom. The quantitative estimate of drug-likeness (QED) is 0.715. The van der Waals surface area contributed by atoms with Crippen LogP contribution in [0, 0.1) is 0 Å². The average molecular weight is 194 g/mol. The molecule has 0 unspecified atom stereocenters. The summed E-state index contributed by atoms with van der Waals surface area (Å²) in [5, 5.41) is 17.9. The molecule has 0 aliphatic carbocycles. The number of methoxy groups -OCH3 is 1. The van der Waals surface area contributed by atoms with Gasteiger partial charge in [0.05, 0.1) is 7.11 Å². The first kappa shape index (κ1) is 10.1. The Bertz CT molecular complexity index is 368. The fourth-order valence-corrected chi connectivity index (χ4v) is 1.000. The number of rotatable bonds is 3. The predicted molar refractivity (Wildman–Crippen MR) is 51.3 cm³/mol. The van der Waals surface area contributed by atoms with Crippen LogP contribution in [0.25, 0.3) is 6.08 Å². The zero-order chi connectivity index (χ0) is 10.6. The third-order valence-corrected chi connectivity index (χ3v) is 1.66. The molecule has 4 nitrogen and oxygen atoms in total. The molecular formula is C10H10O4. The number of aromatic hydroxyl groups is 1. The Labute approximate surface area is 81.1 Å². The van der Waals surface area contributed by atoms with Crippen molar-refractivity contribution in [3.05, 3.63) is 29.8 Å². The van der Waals surface area contributed by atoms with Crippen molar-refractivity contribution >= 4 is 12.0 Å². The highest BCUT2D eigenvalue weighted by molar-refractivity contribution is 5.86. The molecule has 0 fully saturated rings. The van der Waals surface area contributed by atoms with Gasteiger partial charge in [-0.1, -0.05) is 12.1 Å². The summed E-state index contributed by atoms with van der Waals surface area (Å²) in [4.78, 5) is 10.2. The summed E-state index contributed by atoms with van der Waals surface area (Å²) in [5.74, 6) is -0.808. The van der Waals surface area contributed by atoms with Crippen molar-refractivity contribution in [3.63, 3.8) is 0 Å². The zero-order valence-corrected chi connectivity index (χ0v) is 7.60. The number of carboxylic acid groups (broad SMARTS) is 1.